The van der Waals surface area contributed by atoms with Gasteiger partial charge in [0.05, 0.1) is 16.8 Å². The number of rotatable bonds is 4. The van der Waals surface area contributed by atoms with Crippen molar-refractivity contribution in [3.63, 3.8) is 0 Å². The van der Waals surface area contributed by atoms with E-state index >= 15 is 0 Å². The van der Waals surface area contributed by atoms with Gasteiger partial charge in [-0.15, -0.1) is 0 Å². The van der Waals surface area contributed by atoms with Crippen molar-refractivity contribution in [3.05, 3.63) is 89.8 Å². The topological polar surface area (TPSA) is 46.1 Å². The van der Waals surface area contributed by atoms with Gasteiger partial charge in [0, 0.05) is 18.0 Å². The fraction of sp³-hybridized carbons (Fsp3) is 0.0500. The van der Waals surface area contributed by atoms with Crippen LogP contribution in [-0.4, -0.2) is 15.9 Å². The van der Waals surface area contributed by atoms with Crippen LogP contribution >= 0.6 is 11.3 Å². The maximum Gasteiger partial charge on any atom is 0.260 e. The van der Waals surface area contributed by atoms with Gasteiger partial charge in [-0.25, -0.2) is 13.8 Å². The van der Waals surface area contributed by atoms with Gasteiger partial charge in [-0.1, -0.05) is 17.4 Å². The van der Waals surface area contributed by atoms with Crippen LogP contribution in [0.25, 0.3) is 10.2 Å². The number of fused-ring (bicyclic) bond motifs is 1. The first-order valence-corrected chi connectivity index (χ1v) is 8.94. The van der Waals surface area contributed by atoms with Gasteiger partial charge in [-0.3, -0.25) is 14.7 Å². The van der Waals surface area contributed by atoms with E-state index < -0.39 is 5.82 Å². The van der Waals surface area contributed by atoms with Crippen molar-refractivity contribution < 1.29 is 13.6 Å². The molecule has 134 valence electrons. The third-order valence-corrected chi connectivity index (χ3v) is 5.01. The van der Waals surface area contributed by atoms with E-state index in [0.29, 0.717) is 20.9 Å². The van der Waals surface area contributed by atoms with Crippen LogP contribution in [0.2, 0.25) is 0 Å². The van der Waals surface area contributed by atoms with E-state index in [1.54, 1.807) is 24.5 Å². The van der Waals surface area contributed by atoms with Gasteiger partial charge in [-0.05, 0) is 54.1 Å². The van der Waals surface area contributed by atoms with Gasteiger partial charge in [0.25, 0.3) is 5.91 Å². The molecule has 0 radical (unpaired) electrons. The number of pyridine rings is 1. The predicted molar refractivity (Wildman–Crippen MR) is 101 cm³/mol. The molecular formula is C20H13F2N3OS. The number of halogens is 2. The lowest BCUT2D eigenvalue weighted by atomic mass is 10.2. The Labute approximate surface area is 157 Å². The molecule has 27 heavy (non-hydrogen) atoms. The average Bonchev–Trinajstić information content (AvgIpc) is 3.10. The van der Waals surface area contributed by atoms with E-state index in [2.05, 4.69) is 9.97 Å². The fourth-order valence-electron chi connectivity index (χ4n) is 2.65. The lowest BCUT2D eigenvalue weighted by Gasteiger charge is -2.20. The van der Waals surface area contributed by atoms with Gasteiger partial charge in [-0.2, -0.15) is 0 Å². The van der Waals surface area contributed by atoms with Crippen molar-refractivity contribution in [2.24, 2.45) is 0 Å². The Morgan fingerprint density at radius 3 is 2.56 bits per heavy atom. The normalized spacial score (nSPS) is 10.9. The van der Waals surface area contributed by atoms with Gasteiger partial charge < -0.3 is 0 Å². The summed E-state index contributed by atoms with van der Waals surface area (Å²) in [6.07, 6.45) is 3.31. The van der Waals surface area contributed by atoms with Crippen LogP contribution in [0.1, 0.15) is 15.9 Å². The average molecular weight is 381 g/mol. The molecule has 0 fully saturated rings. The first-order valence-electron chi connectivity index (χ1n) is 8.12. The molecule has 0 aliphatic carbocycles. The highest BCUT2D eigenvalue weighted by atomic mass is 32.1. The number of hydrogen-bond donors (Lipinski definition) is 0. The molecule has 0 saturated heterocycles. The number of carbonyl (C=O) groups excluding carboxylic acids is 1. The number of thiazole rings is 1. The van der Waals surface area contributed by atoms with E-state index in [-0.39, 0.29) is 18.3 Å². The Kier molecular flexibility index (Phi) is 4.60. The summed E-state index contributed by atoms with van der Waals surface area (Å²) >= 11 is 1.22. The smallest absolute Gasteiger partial charge is 0.260 e. The van der Waals surface area contributed by atoms with Crippen LogP contribution in [0.15, 0.2) is 67.0 Å². The maximum atomic E-state index is 13.5. The van der Waals surface area contributed by atoms with Crippen LogP contribution in [0, 0.1) is 11.6 Å². The molecular weight excluding hydrogens is 368 g/mol. The summed E-state index contributed by atoms with van der Waals surface area (Å²) in [7, 11) is 0. The number of amides is 1. The van der Waals surface area contributed by atoms with Crippen LogP contribution in [0.5, 0.6) is 0 Å². The largest absolute Gasteiger partial charge is 0.279 e. The molecule has 0 spiro atoms. The Hall–Kier alpha value is -3.19. The first kappa shape index (κ1) is 17.2. The highest BCUT2D eigenvalue weighted by molar-refractivity contribution is 7.22. The molecule has 4 rings (SSSR count). The number of benzene rings is 2. The second kappa shape index (κ2) is 7.20. The Balaban J connectivity index is 1.76. The number of anilines is 1. The third-order valence-electron chi connectivity index (χ3n) is 3.97. The molecule has 0 aliphatic heterocycles. The van der Waals surface area contributed by atoms with Crippen molar-refractivity contribution in [2.75, 3.05) is 4.90 Å². The van der Waals surface area contributed by atoms with Crippen molar-refractivity contribution in [1.29, 1.82) is 0 Å². The molecule has 0 saturated carbocycles. The Morgan fingerprint density at radius 1 is 1.04 bits per heavy atom. The maximum absolute atomic E-state index is 13.5. The second-order valence-electron chi connectivity index (χ2n) is 5.87. The van der Waals surface area contributed by atoms with Crippen molar-refractivity contribution in [2.45, 2.75) is 6.54 Å². The summed E-state index contributed by atoms with van der Waals surface area (Å²) in [6.45, 7) is 0.242. The summed E-state index contributed by atoms with van der Waals surface area (Å²) in [5.41, 5.74) is 1.77. The molecule has 0 aliphatic rings. The van der Waals surface area contributed by atoms with E-state index in [1.165, 1.54) is 52.6 Å². The molecule has 2 aromatic heterocycles. The van der Waals surface area contributed by atoms with Crippen LogP contribution < -0.4 is 4.90 Å². The Bertz CT molecular complexity index is 1100. The van der Waals surface area contributed by atoms with E-state index in [1.807, 2.05) is 6.07 Å². The van der Waals surface area contributed by atoms with Crippen molar-refractivity contribution in [1.82, 2.24) is 9.97 Å². The summed E-state index contributed by atoms with van der Waals surface area (Å²) in [5.74, 6) is -1.10. The Morgan fingerprint density at radius 2 is 1.81 bits per heavy atom. The zero-order valence-electron chi connectivity index (χ0n) is 14.0. The molecule has 7 heteroatoms. The second-order valence-corrected chi connectivity index (χ2v) is 6.88. The molecule has 0 unspecified atom stereocenters. The van der Waals surface area contributed by atoms with Gasteiger partial charge in [0.1, 0.15) is 11.6 Å². The summed E-state index contributed by atoms with van der Waals surface area (Å²) in [6, 6.07) is 13.3. The number of nitrogens with zero attached hydrogens (tertiary/aromatic N) is 3. The zero-order chi connectivity index (χ0) is 18.8. The molecule has 0 bridgehead atoms. The van der Waals surface area contributed by atoms with Crippen LogP contribution in [0.3, 0.4) is 0 Å². The van der Waals surface area contributed by atoms with E-state index in [0.717, 1.165) is 5.56 Å². The minimum Gasteiger partial charge on any atom is -0.279 e. The molecule has 2 aromatic carbocycles. The van der Waals surface area contributed by atoms with E-state index in [9.17, 15) is 13.6 Å². The minimum atomic E-state index is -0.416. The number of hydrogen-bond acceptors (Lipinski definition) is 4. The summed E-state index contributed by atoms with van der Waals surface area (Å²) in [4.78, 5) is 23.1. The van der Waals surface area contributed by atoms with Gasteiger partial charge in [0.15, 0.2) is 5.13 Å². The number of aromatic nitrogens is 2. The minimum absolute atomic E-state index is 0.242. The molecule has 0 N–H and O–H groups in total. The van der Waals surface area contributed by atoms with Crippen LogP contribution in [0.4, 0.5) is 13.9 Å². The lowest BCUT2D eigenvalue weighted by molar-refractivity contribution is 0.0985. The monoisotopic (exact) mass is 381 g/mol. The predicted octanol–water partition coefficient (Wildman–Crippen LogP) is 4.82. The standard InChI is InChI=1S/C20H13F2N3OS/c21-15-5-3-14(4-6-15)19(26)25(12-13-2-1-9-23-11-13)20-24-17-8-7-16(22)10-18(17)27-20/h1-11H,12H2. The van der Waals surface area contributed by atoms with Gasteiger partial charge in [0.2, 0.25) is 0 Å². The van der Waals surface area contributed by atoms with Gasteiger partial charge >= 0.3 is 0 Å². The van der Waals surface area contributed by atoms with Crippen molar-refractivity contribution in [3.8, 4) is 0 Å². The number of carbonyl (C=O) groups is 1. The molecule has 1 amide bonds. The first-order chi connectivity index (χ1) is 13.1. The lowest BCUT2D eigenvalue weighted by Crippen LogP contribution is -2.30. The highest BCUT2D eigenvalue weighted by Crippen LogP contribution is 2.31. The molecule has 4 nitrogen and oxygen atoms in total. The fourth-order valence-corrected chi connectivity index (χ4v) is 3.64. The van der Waals surface area contributed by atoms with Crippen molar-refractivity contribution >= 4 is 32.6 Å². The molecule has 4 aromatic rings. The van der Waals surface area contributed by atoms with E-state index in [4.69, 9.17) is 0 Å². The highest BCUT2D eigenvalue weighted by Gasteiger charge is 2.22. The zero-order valence-corrected chi connectivity index (χ0v) is 14.8. The van der Waals surface area contributed by atoms with Crippen LogP contribution in [-0.2, 0) is 6.54 Å². The third kappa shape index (κ3) is 3.68. The SMILES string of the molecule is O=C(c1ccc(F)cc1)N(Cc1cccnc1)c1nc2ccc(F)cc2s1. The molecule has 0 atom stereocenters. The molecule has 2 heterocycles. The quantitative estimate of drug-likeness (QED) is 0.509. The summed E-state index contributed by atoms with van der Waals surface area (Å²) in [5, 5.41) is 0.439. The summed E-state index contributed by atoms with van der Waals surface area (Å²) < 4.78 is 27.4.